The zero-order chi connectivity index (χ0) is 22.4. The van der Waals surface area contributed by atoms with Gasteiger partial charge in [0.25, 0.3) is 0 Å². The molecule has 0 amide bonds. The Bertz CT molecular complexity index is 717. The Morgan fingerprint density at radius 3 is 2.84 bits per heavy atom. The van der Waals surface area contributed by atoms with Crippen LogP contribution in [0.15, 0.2) is 23.3 Å². The van der Waals surface area contributed by atoms with Crippen molar-refractivity contribution in [3.63, 3.8) is 0 Å². The Balaban J connectivity index is 1.39. The van der Waals surface area contributed by atoms with Gasteiger partial charge in [0.15, 0.2) is 0 Å². The number of allylic oxidation sites excluding steroid dienone is 3. The van der Waals surface area contributed by atoms with Crippen molar-refractivity contribution in [2.75, 3.05) is 26.9 Å². The van der Waals surface area contributed by atoms with Gasteiger partial charge in [-0.15, -0.1) is 0 Å². The number of fused-ring (bicyclic) bond motifs is 2. The summed E-state index contributed by atoms with van der Waals surface area (Å²) in [5.41, 5.74) is 10.4. The van der Waals surface area contributed by atoms with Crippen molar-refractivity contribution in [3.8, 4) is 0 Å². The molecule has 0 aromatic rings. The first-order chi connectivity index (χ1) is 14.7. The minimum atomic E-state index is 0.0429. The van der Waals surface area contributed by atoms with Gasteiger partial charge in [0.05, 0.1) is 25.0 Å². The van der Waals surface area contributed by atoms with E-state index in [2.05, 4.69) is 74.3 Å². The zero-order valence-corrected chi connectivity index (χ0v) is 20.9. The number of rotatable bonds is 5. The van der Waals surface area contributed by atoms with E-state index >= 15 is 0 Å². The first kappa shape index (κ1) is 23.4. The number of nitrogens with two attached hydrogens (primary N) is 1. The lowest BCUT2D eigenvalue weighted by Gasteiger charge is -2.58. The molecule has 1 saturated carbocycles. The number of nitrogens with zero attached hydrogens (tertiary/aromatic N) is 2. The fourth-order valence-corrected chi connectivity index (χ4v) is 7.39. The summed E-state index contributed by atoms with van der Waals surface area (Å²) in [5.74, 6) is 1.65. The van der Waals surface area contributed by atoms with Gasteiger partial charge in [-0.05, 0) is 82.1 Å². The molecule has 0 bridgehead atoms. The lowest BCUT2D eigenvalue weighted by molar-refractivity contribution is -0.0466. The van der Waals surface area contributed by atoms with E-state index < -0.39 is 0 Å². The van der Waals surface area contributed by atoms with Gasteiger partial charge in [-0.1, -0.05) is 44.1 Å². The molecule has 3 fully saturated rings. The smallest absolute Gasteiger partial charge is 0.0809 e. The molecule has 2 saturated heterocycles. The highest BCUT2D eigenvalue weighted by molar-refractivity contribution is 5.21. The summed E-state index contributed by atoms with van der Waals surface area (Å²) < 4.78 is 0. The molecule has 31 heavy (non-hydrogen) atoms. The number of likely N-dealkylation sites (N-methyl/N-ethyl adjacent to an activating group) is 1. The van der Waals surface area contributed by atoms with Gasteiger partial charge < -0.3 is 5.73 Å². The van der Waals surface area contributed by atoms with E-state index in [1.807, 2.05) is 0 Å². The van der Waals surface area contributed by atoms with Crippen LogP contribution >= 0.6 is 0 Å². The fourth-order valence-electron chi connectivity index (χ4n) is 7.39. The van der Waals surface area contributed by atoms with Gasteiger partial charge in [-0.3, -0.25) is 20.4 Å². The molecule has 5 nitrogen and oxygen atoms in total. The molecule has 0 aromatic heterocycles. The van der Waals surface area contributed by atoms with Crippen LogP contribution in [0.4, 0.5) is 0 Å². The van der Waals surface area contributed by atoms with Crippen molar-refractivity contribution in [3.05, 3.63) is 23.3 Å². The van der Waals surface area contributed by atoms with Crippen molar-refractivity contribution in [1.29, 1.82) is 0 Å². The van der Waals surface area contributed by atoms with Crippen molar-refractivity contribution in [1.82, 2.24) is 20.4 Å². The molecule has 0 aromatic carbocycles. The summed E-state index contributed by atoms with van der Waals surface area (Å²) in [6, 6.07) is 0.338. The molecule has 4 N–H and O–H groups in total. The molecule has 5 heteroatoms. The van der Waals surface area contributed by atoms with E-state index in [0.717, 1.165) is 31.7 Å². The first-order valence-electron chi connectivity index (χ1n) is 12.7. The molecule has 7 atom stereocenters. The third-order valence-electron chi connectivity index (χ3n) is 9.97. The van der Waals surface area contributed by atoms with E-state index in [9.17, 15) is 0 Å². The van der Waals surface area contributed by atoms with Crippen molar-refractivity contribution >= 4 is 0 Å². The summed E-state index contributed by atoms with van der Waals surface area (Å²) in [4.78, 5) is 4.91. The largest absolute Gasteiger partial charge is 0.314 e. The van der Waals surface area contributed by atoms with Crippen molar-refractivity contribution < 1.29 is 0 Å². The Morgan fingerprint density at radius 1 is 1.29 bits per heavy atom. The molecule has 4 aliphatic rings. The van der Waals surface area contributed by atoms with E-state index in [1.54, 1.807) is 11.1 Å². The zero-order valence-electron chi connectivity index (χ0n) is 20.9. The van der Waals surface area contributed by atoms with Crippen LogP contribution in [0.1, 0.15) is 73.1 Å². The molecule has 2 aliphatic carbocycles. The Labute approximate surface area is 190 Å². The minimum absolute atomic E-state index is 0.0429. The van der Waals surface area contributed by atoms with Gasteiger partial charge in [0.1, 0.15) is 0 Å². The SMILES string of the molecule is CC(=CCN1CN(C)C2C(N)NCNC21)CC[C@]1(C)[C@H]2CCC=C(C)[C@@]2(C)CC[C@@H]1C. The third kappa shape index (κ3) is 4.17. The van der Waals surface area contributed by atoms with Crippen LogP contribution in [0.5, 0.6) is 0 Å². The number of hydrogen-bond acceptors (Lipinski definition) is 5. The van der Waals surface area contributed by atoms with Gasteiger partial charge in [-0.2, -0.15) is 0 Å². The van der Waals surface area contributed by atoms with Crippen LogP contribution in [0.2, 0.25) is 0 Å². The highest BCUT2D eigenvalue weighted by Gasteiger charge is 2.52. The highest BCUT2D eigenvalue weighted by atomic mass is 15.5. The Morgan fingerprint density at radius 2 is 2.06 bits per heavy atom. The van der Waals surface area contributed by atoms with Crippen LogP contribution < -0.4 is 16.4 Å². The molecule has 2 heterocycles. The van der Waals surface area contributed by atoms with E-state index in [4.69, 9.17) is 5.73 Å². The Hall–Kier alpha value is -0.720. The van der Waals surface area contributed by atoms with Crippen LogP contribution in [0.3, 0.4) is 0 Å². The normalized spacial score (nSPS) is 44.7. The van der Waals surface area contributed by atoms with Crippen molar-refractivity contribution in [2.24, 2.45) is 28.4 Å². The topological polar surface area (TPSA) is 56.6 Å². The number of nitrogens with one attached hydrogen (secondary N) is 2. The third-order valence-corrected chi connectivity index (χ3v) is 9.97. The predicted octanol–water partition coefficient (Wildman–Crippen LogP) is 3.85. The summed E-state index contributed by atoms with van der Waals surface area (Å²) in [6.45, 7) is 15.2. The molecule has 0 radical (unpaired) electrons. The summed E-state index contributed by atoms with van der Waals surface area (Å²) in [6.07, 6.45) is 13.3. The average Bonchev–Trinajstić information content (AvgIpc) is 3.07. The maximum absolute atomic E-state index is 6.32. The van der Waals surface area contributed by atoms with Gasteiger partial charge in [0, 0.05) is 13.2 Å². The lowest BCUT2D eigenvalue weighted by Crippen LogP contribution is -2.67. The second kappa shape index (κ2) is 8.90. The monoisotopic (exact) mass is 429 g/mol. The summed E-state index contributed by atoms with van der Waals surface area (Å²) >= 11 is 0. The van der Waals surface area contributed by atoms with Crippen LogP contribution in [-0.2, 0) is 0 Å². The lowest BCUT2D eigenvalue weighted by atomic mass is 9.47. The molecule has 4 rings (SSSR count). The average molecular weight is 430 g/mol. The molecular formula is C26H47N5. The second-order valence-electron chi connectivity index (χ2n) is 11.6. The maximum atomic E-state index is 6.32. The van der Waals surface area contributed by atoms with Gasteiger partial charge in [-0.25, -0.2) is 0 Å². The molecular weight excluding hydrogens is 382 g/mol. The standard InChI is InChI=1S/C26H47N5/c1-18(12-15-31-17-30(6)22-23(27)28-16-29-24(22)31)10-13-25(4)20(3)11-14-26(5)19(2)8-7-9-21(25)26/h8,12,20-24,28-29H,7,9-11,13-17,27H2,1-6H3/t20-,21+,22?,23?,24?,25-,26+/m0/s1. The first-order valence-corrected chi connectivity index (χ1v) is 12.7. The van der Waals surface area contributed by atoms with Crippen LogP contribution in [0.25, 0.3) is 0 Å². The fraction of sp³-hybridized carbons (Fsp3) is 0.846. The van der Waals surface area contributed by atoms with Crippen LogP contribution in [0, 0.1) is 22.7 Å². The quantitative estimate of drug-likeness (QED) is 0.580. The maximum Gasteiger partial charge on any atom is 0.0809 e. The van der Waals surface area contributed by atoms with Gasteiger partial charge >= 0.3 is 0 Å². The number of hydrogen-bond donors (Lipinski definition) is 3. The highest BCUT2D eigenvalue weighted by Crippen LogP contribution is 2.61. The van der Waals surface area contributed by atoms with Gasteiger partial charge in [0.2, 0.25) is 0 Å². The van der Waals surface area contributed by atoms with E-state index in [1.165, 1.54) is 38.5 Å². The second-order valence-corrected chi connectivity index (χ2v) is 11.6. The molecule has 3 unspecified atom stereocenters. The van der Waals surface area contributed by atoms with Crippen LogP contribution in [-0.4, -0.2) is 55.1 Å². The molecule has 176 valence electrons. The van der Waals surface area contributed by atoms with Crippen molar-refractivity contribution in [2.45, 2.75) is 91.5 Å². The minimum Gasteiger partial charge on any atom is -0.314 e. The molecule has 0 spiro atoms. The van der Waals surface area contributed by atoms with E-state index in [0.29, 0.717) is 23.0 Å². The summed E-state index contributed by atoms with van der Waals surface area (Å²) in [7, 11) is 2.19. The predicted molar refractivity (Wildman–Crippen MR) is 130 cm³/mol. The summed E-state index contributed by atoms with van der Waals surface area (Å²) in [5, 5.41) is 6.95. The molecule has 2 aliphatic heterocycles. The Kier molecular flexibility index (Phi) is 6.73. The van der Waals surface area contributed by atoms with E-state index in [-0.39, 0.29) is 6.17 Å².